The first-order chi connectivity index (χ1) is 11.8. The molecule has 0 spiro atoms. The average molecular weight is 365 g/mol. The number of fused-ring (bicyclic) bond motifs is 2. The number of unbranched alkanes of at least 4 members (excludes halogenated alkanes) is 4. The van der Waals surface area contributed by atoms with Crippen LogP contribution in [0.2, 0.25) is 0 Å². The highest BCUT2D eigenvalue weighted by Gasteiger charge is 2.33. The molecule has 25 heavy (non-hydrogen) atoms. The van der Waals surface area contributed by atoms with E-state index in [1.54, 1.807) is 7.11 Å². The Hall–Kier alpha value is -1.22. The lowest BCUT2D eigenvalue weighted by Gasteiger charge is -2.35. The second kappa shape index (κ2) is 10.1. The van der Waals surface area contributed by atoms with Crippen LogP contribution in [0.25, 0.3) is 0 Å². The molecule has 1 saturated carbocycles. The highest BCUT2D eigenvalue weighted by molar-refractivity contribution is 5.91. The standard InChI is InChI=1S/C21H32N2O.ClH/c1-3-4-5-6-9-14-22-21-17-10-7-8-11-19(17)23-20-13-12-16(24-2)15-18(20)21;/h12-13,15,17,20,22H,3-11,14H2,1-2H3;1H. The Labute approximate surface area is 159 Å². The molecular weight excluding hydrogens is 332 g/mol. The minimum Gasteiger partial charge on any atom is -0.497 e. The highest BCUT2D eigenvalue weighted by atomic mass is 35.5. The number of rotatable bonds is 8. The van der Waals surface area contributed by atoms with E-state index in [0.717, 1.165) is 12.3 Å². The summed E-state index contributed by atoms with van der Waals surface area (Å²) in [5.74, 6) is 1.46. The lowest BCUT2D eigenvalue weighted by Crippen LogP contribution is -2.36. The molecule has 2 atom stereocenters. The molecule has 2 unspecified atom stereocenters. The summed E-state index contributed by atoms with van der Waals surface area (Å²) >= 11 is 0. The molecule has 1 heterocycles. The number of hydrogen-bond acceptors (Lipinski definition) is 3. The third-order valence-electron chi connectivity index (χ3n) is 5.43. The van der Waals surface area contributed by atoms with E-state index in [-0.39, 0.29) is 18.4 Å². The van der Waals surface area contributed by atoms with Crippen molar-refractivity contribution < 1.29 is 4.74 Å². The number of dihydropyridines is 1. The second-order valence-electron chi connectivity index (χ2n) is 7.18. The number of methoxy groups -OCH3 is 1. The third kappa shape index (κ3) is 4.91. The maximum absolute atomic E-state index is 5.46. The zero-order valence-electron chi connectivity index (χ0n) is 15.7. The van der Waals surface area contributed by atoms with Gasteiger partial charge < -0.3 is 10.1 Å². The maximum Gasteiger partial charge on any atom is 0.119 e. The fourth-order valence-corrected chi connectivity index (χ4v) is 4.07. The second-order valence-corrected chi connectivity index (χ2v) is 7.18. The van der Waals surface area contributed by atoms with E-state index in [1.807, 2.05) is 0 Å². The molecule has 3 nitrogen and oxygen atoms in total. The van der Waals surface area contributed by atoms with Crippen molar-refractivity contribution in [2.75, 3.05) is 13.7 Å². The summed E-state index contributed by atoms with van der Waals surface area (Å²) in [5.41, 5.74) is 4.18. The van der Waals surface area contributed by atoms with Crippen LogP contribution in [0.4, 0.5) is 0 Å². The van der Waals surface area contributed by atoms with Gasteiger partial charge in [0.15, 0.2) is 0 Å². The molecular formula is C21H33ClN2O. The number of ether oxygens (including phenoxy) is 1. The van der Waals surface area contributed by atoms with E-state index < -0.39 is 0 Å². The van der Waals surface area contributed by atoms with Crippen molar-refractivity contribution in [3.8, 4) is 0 Å². The van der Waals surface area contributed by atoms with Crippen LogP contribution in [0.15, 0.2) is 40.2 Å². The van der Waals surface area contributed by atoms with Crippen LogP contribution in [-0.2, 0) is 4.74 Å². The van der Waals surface area contributed by atoms with Gasteiger partial charge in [-0.3, -0.25) is 4.99 Å². The van der Waals surface area contributed by atoms with Crippen LogP contribution in [0.3, 0.4) is 0 Å². The lowest BCUT2D eigenvalue weighted by molar-refractivity contribution is 0.305. The van der Waals surface area contributed by atoms with Crippen molar-refractivity contribution in [3.63, 3.8) is 0 Å². The summed E-state index contributed by atoms with van der Waals surface area (Å²) in [5, 5.41) is 3.81. The molecule has 0 aromatic carbocycles. The first kappa shape index (κ1) is 20.1. The fraction of sp³-hybridized carbons (Fsp3) is 0.667. The summed E-state index contributed by atoms with van der Waals surface area (Å²) in [6, 6.07) is 0.191. The molecule has 0 amide bonds. The van der Waals surface area contributed by atoms with Crippen LogP contribution < -0.4 is 5.32 Å². The number of nitrogens with one attached hydrogen (secondary N) is 1. The molecule has 1 fully saturated rings. The zero-order chi connectivity index (χ0) is 16.8. The number of nitrogens with zero attached hydrogens (tertiary/aromatic N) is 1. The number of halogens is 1. The first-order valence-corrected chi connectivity index (χ1v) is 9.82. The Balaban J connectivity index is 0.00000225. The molecule has 140 valence electrons. The van der Waals surface area contributed by atoms with E-state index in [2.05, 4.69) is 30.5 Å². The van der Waals surface area contributed by atoms with Gasteiger partial charge in [-0.05, 0) is 37.8 Å². The summed E-state index contributed by atoms with van der Waals surface area (Å²) < 4.78 is 5.46. The third-order valence-corrected chi connectivity index (χ3v) is 5.43. The molecule has 3 aliphatic rings. The molecule has 0 saturated heterocycles. The van der Waals surface area contributed by atoms with Crippen LogP contribution in [0.5, 0.6) is 0 Å². The van der Waals surface area contributed by atoms with Gasteiger partial charge >= 0.3 is 0 Å². The van der Waals surface area contributed by atoms with Crippen molar-refractivity contribution in [3.05, 3.63) is 35.3 Å². The Morgan fingerprint density at radius 3 is 2.84 bits per heavy atom. The summed E-state index contributed by atoms with van der Waals surface area (Å²) in [6.45, 7) is 3.35. The quantitative estimate of drug-likeness (QED) is 0.590. The van der Waals surface area contributed by atoms with E-state index in [4.69, 9.17) is 9.73 Å². The predicted octanol–water partition coefficient (Wildman–Crippen LogP) is 5.34. The van der Waals surface area contributed by atoms with Crippen molar-refractivity contribution >= 4 is 18.1 Å². The van der Waals surface area contributed by atoms with E-state index in [9.17, 15) is 0 Å². The summed E-state index contributed by atoms with van der Waals surface area (Å²) in [4.78, 5) is 5.05. The van der Waals surface area contributed by atoms with Crippen LogP contribution in [0.1, 0.15) is 64.7 Å². The van der Waals surface area contributed by atoms with Gasteiger partial charge in [-0.25, -0.2) is 0 Å². The Morgan fingerprint density at radius 1 is 1.20 bits per heavy atom. The largest absolute Gasteiger partial charge is 0.497 e. The van der Waals surface area contributed by atoms with Gasteiger partial charge in [0.05, 0.1) is 13.2 Å². The van der Waals surface area contributed by atoms with E-state index in [1.165, 1.54) is 74.8 Å². The van der Waals surface area contributed by atoms with Crippen LogP contribution in [-0.4, -0.2) is 25.4 Å². The number of aliphatic imine (C=N–C) groups is 1. The number of hydrogen-bond donors (Lipinski definition) is 1. The Kier molecular flexibility index (Phi) is 8.08. The Bertz CT molecular complexity index is 562. The zero-order valence-corrected chi connectivity index (χ0v) is 16.5. The smallest absolute Gasteiger partial charge is 0.119 e. The normalized spacial score (nSPS) is 24.6. The highest BCUT2D eigenvalue weighted by Crippen LogP contribution is 2.36. The van der Waals surface area contributed by atoms with Crippen molar-refractivity contribution in [2.24, 2.45) is 10.9 Å². The fourth-order valence-electron chi connectivity index (χ4n) is 4.07. The van der Waals surface area contributed by atoms with Crippen molar-refractivity contribution in [2.45, 2.75) is 70.8 Å². The minimum atomic E-state index is 0. The van der Waals surface area contributed by atoms with Gasteiger partial charge in [0.2, 0.25) is 0 Å². The van der Waals surface area contributed by atoms with E-state index in [0.29, 0.717) is 5.92 Å². The molecule has 1 aliphatic heterocycles. The molecule has 1 N–H and O–H groups in total. The van der Waals surface area contributed by atoms with Crippen molar-refractivity contribution in [1.82, 2.24) is 5.32 Å². The first-order valence-electron chi connectivity index (χ1n) is 9.82. The molecule has 0 aromatic heterocycles. The van der Waals surface area contributed by atoms with Gasteiger partial charge in [0.1, 0.15) is 5.76 Å². The van der Waals surface area contributed by atoms with Crippen molar-refractivity contribution in [1.29, 1.82) is 0 Å². The average Bonchev–Trinajstić information content (AvgIpc) is 2.63. The minimum absolute atomic E-state index is 0. The summed E-state index contributed by atoms with van der Waals surface area (Å²) in [6.07, 6.45) is 18.1. The van der Waals surface area contributed by atoms with E-state index >= 15 is 0 Å². The molecule has 0 radical (unpaired) electrons. The monoisotopic (exact) mass is 364 g/mol. The van der Waals surface area contributed by atoms with Crippen LogP contribution in [0, 0.1) is 5.92 Å². The van der Waals surface area contributed by atoms with Gasteiger partial charge in [-0.1, -0.05) is 45.1 Å². The molecule has 4 heteroatoms. The number of allylic oxidation sites excluding steroid dienone is 2. The van der Waals surface area contributed by atoms with Gasteiger partial charge in [-0.15, -0.1) is 12.4 Å². The molecule has 0 aromatic rings. The SMILES string of the molecule is CCCCCCCNC1=C2C=C(OC)C=CC2N=C2CCCCC21.Cl. The topological polar surface area (TPSA) is 33.6 Å². The van der Waals surface area contributed by atoms with Crippen LogP contribution >= 0.6 is 12.4 Å². The van der Waals surface area contributed by atoms with Gasteiger partial charge in [-0.2, -0.15) is 0 Å². The Morgan fingerprint density at radius 2 is 2.04 bits per heavy atom. The molecule has 3 rings (SSSR count). The summed E-state index contributed by atoms with van der Waals surface area (Å²) in [7, 11) is 1.75. The lowest BCUT2D eigenvalue weighted by atomic mass is 9.79. The molecule has 0 bridgehead atoms. The predicted molar refractivity (Wildman–Crippen MR) is 108 cm³/mol. The van der Waals surface area contributed by atoms with Gasteiger partial charge in [0, 0.05) is 29.4 Å². The molecule has 2 aliphatic carbocycles. The maximum atomic E-state index is 5.46. The van der Waals surface area contributed by atoms with Gasteiger partial charge in [0.25, 0.3) is 0 Å².